The van der Waals surface area contributed by atoms with Gasteiger partial charge in [-0.05, 0) is 20.3 Å². The highest BCUT2D eigenvalue weighted by Crippen LogP contribution is 2.25. The largest absolute Gasteiger partial charge is 0.373 e. The van der Waals surface area contributed by atoms with E-state index in [0.717, 1.165) is 42.5 Å². The zero-order valence-corrected chi connectivity index (χ0v) is 12.5. The molecular formula is C14H26N4. The SMILES string of the molecule is CCCN(CC)c1nc(C(C)C)nc(NC)c1C. The quantitative estimate of drug-likeness (QED) is 0.842. The Morgan fingerprint density at radius 1 is 1.22 bits per heavy atom. The zero-order chi connectivity index (χ0) is 13.7. The molecule has 4 heteroatoms. The Morgan fingerprint density at radius 3 is 2.33 bits per heavy atom. The first-order chi connectivity index (χ1) is 8.54. The van der Waals surface area contributed by atoms with Crippen LogP contribution in [0.4, 0.5) is 11.6 Å². The maximum Gasteiger partial charge on any atom is 0.137 e. The van der Waals surface area contributed by atoms with Crippen LogP contribution in [0.1, 0.15) is 51.4 Å². The average Bonchev–Trinajstić information content (AvgIpc) is 2.36. The van der Waals surface area contributed by atoms with Gasteiger partial charge in [-0.1, -0.05) is 20.8 Å². The Balaban J connectivity index is 3.26. The summed E-state index contributed by atoms with van der Waals surface area (Å²) in [6, 6.07) is 0. The lowest BCUT2D eigenvalue weighted by molar-refractivity contribution is 0.735. The smallest absolute Gasteiger partial charge is 0.137 e. The molecular weight excluding hydrogens is 224 g/mol. The van der Waals surface area contributed by atoms with Crippen molar-refractivity contribution in [2.75, 3.05) is 30.4 Å². The van der Waals surface area contributed by atoms with Crippen molar-refractivity contribution in [3.05, 3.63) is 11.4 Å². The minimum Gasteiger partial charge on any atom is -0.373 e. The summed E-state index contributed by atoms with van der Waals surface area (Å²) in [5.74, 6) is 3.27. The van der Waals surface area contributed by atoms with Crippen LogP contribution >= 0.6 is 0 Å². The summed E-state index contributed by atoms with van der Waals surface area (Å²) >= 11 is 0. The number of hydrogen-bond donors (Lipinski definition) is 1. The van der Waals surface area contributed by atoms with Crippen LogP contribution in [-0.2, 0) is 0 Å². The minimum absolute atomic E-state index is 0.344. The van der Waals surface area contributed by atoms with Gasteiger partial charge in [-0.3, -0.25) is 0 Å². The van der Waals surface area contributed by atoms with Crippen LogP contribution in [0.5, 0.6) is 0 Å². The average molecular weight is 250 g/mol. The van der Waals surface area contributed by atoms with E-state index in [2.05, 4.69) is 49.8 Å². The maximum atomic E-state index is 4.74. The Labute approximate surface area is 111 Å². The van der Waals surface area contributed by atoms with Crippen molar-refractivity contribution in [1.82, 2.24) is 9.97 Å². The number of rotatable bonds is 6. The summed E-state index contributed by atoms with van der Waals surface area (Å²) in [5.41, 5.74) is 1.14. The Kier molecular flexibility index (Phi) is 5.38. The molecule has 0 radical (unpaired) electrons. The molecule has 102 valence electrons. The van der Waals surface area contributed by atoms with Crippen LogP contribution < -0.4 is 10.2 Å². The molecule has 0 aliphatic carbocycles. The molecule has 0 saturated heterocycles. The Morgan fingerprint density at radius 2 is 1.89 bits per heavy atom. The molecule has 1 aromatic rings. The van der Waals surface area contributed by atoms with Gasteiger partial charge < -0.3 is 10.2 Å². The van der Waals surface area contributed by atoms with Crippen molar-refractivity contribution in [3.8, 4) is 0 Å². The summed E-state index contributed by atoms with van der Waals surface area (Å²) in [6.07, 6.45) is 1.13. The van der Waals surface area contributed by atoms with E-state index in [0.29, 0.717) is 5.92 Å². The van der Waals surface area contributed by atoms with Gasteiger partial charge in [0.1, 0.15) is 17.5 Å². The van der Waals surface area contributed by atoms with Gasteiger partial charge in [-0.25, -0.2) is 9.97 Å². The molecule has 0 atom stereocenters. The summed E-state index contributed by atoms with van der Waals surface area (Å²) in [4.78, 5) is 11.6. The lowest BCUT2D eigenvalue weighted by Crippen LogP contribution is -2.26. The van der Waals surface area contributed by atoms with E-state index < -0.39 is 0 Å². The standard InChI is InChI=1S/C14H26N4/c1-7-9-18(8-2)14-11(5)13(15-6)16-12(17-14)10(3)4/h10H,7-9H2,1-6H3,(H,15,16,17). The molecule has 18 heavy (non-hydrogen) atoms. The molecule has 0 spiro atoms. The van der Waals surface area contributed by atoms with Crippen LogP contribution in [0.25, 0.3) is 0 Å². The van der Waals surface area contributed by atoms with Gasteiger partial charge in [0.15, 0.2) is 0 Å². The molecule has 0 aromatic carbocycles. The summed E-state index contributed by atoms with van der Waals surface area (Å²) in [5, 5.41) is 3.17. The molecule has 0 amide bonds. The molecule has 0 aliphatic heterocycles. The van der Waals surface area contributed by atoms with Gasteiger partial charge in [0.05, 0.1) is 0 Å². The summed E-state index contributed by atoms with van der Waals surface area (Å²) in [7, 11) is 1.92. The molecule has 1 rings (SSSR count). The number of anilines is 2. The first-order valence-corrected chi connectivity index (χ1v) is 6.86. The minimum atomic E-state index is 0.344. The fraction of sp³-hybridized carbons (Fsp3) is 0.714. The van der Waals surface area contributed by atoms with Gasteiger partial charge in [-0.15, -0.1) is 0 Å². The van der Waals surface area contributed by atoms with Crippen molar-refractivity contribution < 1.29 is 0 Å². The first kappa shape index (κ1) is 14.7. The van der Waals surface area contributed by atoms with Crippen LogP contribution in [-0.4, -0.2) is 30.1 Å². The Bertz CT molecular complexity index is 388. The maximum absolute atomic E-state index is 4.74. The molecule has 0 aliphatic rings. The molecule has 1 N–H and O–H groups in total. The highest BCUT2D eigenvalue weighted by Gasteiger charge is 2.16. The van der Waals surface area contributed by atoms with Crippen molar-refractivity contribution in [1.29, 1.82) is 0 Å². The van der Waals surface area contributed by atoms with E-state index in [-0.39, 0.29) is 0 Å². The second-order valence-electron chi connectivity index (χ2n) is 4.86. The molecule has 0 bridgehead atoms. The molecule has 1 aromatic heterocycles. The van der Waals surface area contributed by atoms with Crippen LogP contribution in [0, 0.1) is 6.92 Å². The van der Waals surface area contributed by atoms with Crippen LogP contribution in [0.2, 0.25) is 0 Å². The van der Waals surface area contributed by atoms with Crippen LogP contribution in [0.15, 0.2) is 0 Å². The molecule has 0 saturated carbocycles. The second kappa shape index (κ2) is 6.57. The van der Waals surface area contributed by atoms with E-state index in [1.165, 1.54) is 0 Å². The summed E-state index contributed by atoms with van der Waals surface area (Å²) in [6.45, 7) is 12.7. The molecule has 0 fully saturated rings. The predicted octanol–water partition coefficient (Wildman–Crippen LogP) is 3.19. The highest BCUT2D eigenvalue weighted by atomic mass is 15.2. The zero-order valence-electron chi connectivity index (χ0n) is 12.5. The molecule has 1 heterocycles. The van der Waals surface area contributed by atoms with Gasteiger partial charge in [0, 0.05) is 31.6 Å². The fourth-order valence-corrected chi connectivity index (χ4v) is 2.01. The topological polar surface area (TPSA) is 41.1 Å². The lowest BCUT2D eigenvalue weighted by Gasteiger charge is -2.25. The third kappa shape index (κ3) is 3.12. The van der Waals surface area contributed by atoms with Gasteiger partial charge in [-0.2, -0.15) is 0 Å². The van der Waals surface area contributed by atoms with Crippen LogP contribution in [0.3, 0.4) is 0 Å². The third-order valence-corrected chi connectivity index (χ3v) is 3.07. The van der Waals surface area contributed by atoms with E-state index in [9.17, 15) is 0 Å². The second-order valence-corrected chi connectivity index (χ2v) is 4.86. The van der Waals surface area contributed by atoms with Crippen molar-refractivity contribution in [3.63, 3.8) is 0 Å². The Hall–Kier alpha value is -1.32. The predicted molar refractivity (Wildman–Crippen MR) is 78.6 cm³/mol. The van der Waals surface area contributed by atoms with Crippen molar-refractivity contribution in [2.24, 2.45) is 0 Å². The number of nitrogens with zero attached hydrogens (tertiary/aromatic N) is 3. The fourth-order valence-electron chi connectivity index (χ4n) is 2.01. The number of nitrogens with one attached hydrogen (secondary N) is 1. The van der Waals surface area contributed by atoms with Gasteiger partial charge in [0.25, 0.3) is 0 Å². The third-order valence-electron chi connectivity index (χ3n) is 3.07. The van der Waals surface area contributed by atoms with Crippen molar-refractivity contribution in [2.45, 2.75) is 47.0 Å². The van der Waals surface area contributed by atoms with E-state index in [1.54, 1.807) is 0 Å². The van der Waals surface area contributed by atoms with Gasteiger partial charge in [0.2, 0.25) is 0 Å². The number of hydrogen-bond acceptors (Lipinski definition) is 4. The first-order valence-electron chi connectivity index (χ1n) is 6.86. The monoisotopic (exact) mass is 250 g/mol. The number of aromatic nitrogens is 2. The highest BCUT2D eigenvalue weighted by molar-refractivity contribution is 5.58. The normalized spacial score (nSPS) is 10.8. The van der Waals surface area contributed by atoms with E-state index in [1.807, 2.05) is 7.05 Å². The van der Waals surface area contributed by atoms with E-state index >= 15 is 0 Å². The summed E-state index contributed by atoms with van der Waals surface area (Å²) < 4.78 is 0. The van der Waals surface area contributed by atoms with Gasteiger partial charge >= 0.3 is 0 Å². The molecule has 4 nitrogen and oxygen atoms in total. The van der Waals surface area contributed by atoms with E-state index in [4.69, 9.17) is 4.98 Å². The van der Waals surface area contributed by atoms with Crippen molar-refractivity contribution >= 4 is 11.6 Å². The lowest BCUT2D eigenvalue weighted by atomic mass is 10.2. The molecule has 0 unspecified atom stereocenters.